The SMILES string of the molecule is COc1ccc(/C=N\NC(=O)CNC(=O)c2ccccc2Br)cc1. The van der Waals surface area contributed by atoms with Crippen LogP contribution in [-0.4, -0.2) is 31.7 Å². The average molecular weight is 390 g/mol. The fourth-order valence-electron chi connectivity index (χ4n) is 1.81. The molecule has 0 radical (unpaired) electrons. The van der Waals surface area contributed by atoms with Gasteiger partial charge < -0.3 is 10.1 Å². The molecule has 124 valence electrons. The van der Waals surface area contributed by atoms with E-state index < -0.39 is 5.91 Å². The molecule has 0 fully saturated rings. The van der Waals surface area contributed by atoms with E-state index in [0.717, 1.165) is 11.3 Å². The molecule has 2 rings (SSSR count). The number of carbonyl (C=O) groups is 2. The first-order valence-electron chi connectivity index (χ1n) is 7.09. The first-order chi connectivity index (χ1) is 11.6. The number of benzene rings is 2. The van der Waals surface area contributed by atoms with E-state index in [9.17, 15) is 9.59 Å². The minimum Gasteiger partial charge on any atom is -0.497 e. The number of halogens is 1. The highest BCUT2D eigenvalue weighted by molar-refractivity contribution is 9.10. The first-order valence-corrected chi connectivity index (χ1v) is 7.88. The number of methoxy groups -OCH3 is 1. The second-order valence-electron chi connectivity index (χ2n) is 4.73. The Kier molecular flexibility index (Phi) is 6.51. The molecule has 0 bridgehead atoms. The lowest BCUT2D eigenvalue weighted by Crippen LogP contribution is -2.35. The average Bonchev–Trinajstić information content (AvgIpc) is 2.60. The third-order valence-corrected chi connectivity index (χ3v) is 3.74. The number of rotatable bonds is 6. The van der Waals surface area contributed by atoms with Gasteiger partial charge in [0, 0.05) is 4.47 Å². The molecule has 0 aromatic heterocycles. The molecule has 0 aliphatic carbocycles. The highest BCUT2D eigenvalue weighted by Crippen LogP contribution is 2.15. The van der Waals surface area contributed by atoms with Crippen LogP contribution in [0.4, 0.5) is 0 Å². The summed E-state index contributed by atoms with van der Waals surface area (Å²) in [6, 6.07) is 14.2. The van der Waals surface area contributed by atoms with Gasteiger partial charge in [-0.05, 0) is 57.9 Å². The van der Waals surface area contributed by atoms with E-state index in [4.69, 9.17) is 4.74 Å². The minimum atomic E-state index is -0.417. The zero-order valence-corrected chi connectivity index (χ0v) is 14.5. The molecule has 0 spiro atoms. The fourth-order valence-corrected chi connectivity index (χ4v) is 2.27. The second kappa shape index (κ2) is 8.83. The lowest BCUT2D eigenvalue weighted by Gasteiger charge is -2.05. The van der Waals surface area contributed by atoms with Gasteiger partial charge in [0.2, 0.25) is 0 Å². The van der Waals surface area contributed by atoms with Crippen molar-refractivity contribution in [1.82, 2.24) is 10.7 Å². The van der Waals surface area contributed by atoms with Crippen LogP contribution in [0.25, 0.3) is 0 Å². The van der Waals surface area contributed by atoms with Gasteiger partial charge in [-0.1, -0.05) is 12.1 Å². The molecule has 2 amide bonds. The topological polar surface area (TPSA) is 79.8 Å². The lowest BCUT2D eigenvalue weighted by molar-refractivity contribution is -0.120. The van der Waals surface area contributed by atoms with Crippen LogP contribution in [-0.2, 0) is 4.79 Å². The normalized spacial score (nSPS) is 10.4. The summed E-state index contributed by atoms with van der Waals surface area (Å²) >= 11 is 3.29. The Morgan fingerprint density at radius 1 is 1.17 bits per heavy atom. The van der Waals surface area contributed by atoms with E-state index in [-0.39, 0.29) is 12.5 Å². The molecule has 24 heavy (non-hydrogen) atoms. The van der Waals surface area contributed by atoms with Crippen molar-refractivity contribution in [2.75, 3.05) is 13.7 Å². The Bertz CT molecular complexity index is 745. The van der Waals surface area contributed by atoms with Crippen molar-refractivity contribution < 1.29 is 14.3 Å². The van der Waals surface area contributed by atoms with Gasteiger partial charge in [-0.25, -0.2) is 5.43 Å². The largest absolute Gasteiger partial charge is 0.497 e. The molecular formula is C17H16BrN3O3. The molecule has 0 saturated carbocycles. The van der Waals surface area contributed by atoms with Gasteiger partial charge in [0.1, 0.15) is 5.75 Å². The third-order valence-electron chi connectivity index (χ3n) is 3.05. The van der Waals surface area contributed by atoms with Crippen molar-refractivity contribution >= 4 is 34.0 Å². The van der Waals surface area contributed by atoms with Gasteiger partial charge >= 0.3 is 0 Å². The van der Waals surface area contributed by atoms with Crippen molar-refractivity contribution in [3.8, 4) is 5.75 Å². The van der Waals surface area contributed by atoms with Gasteiger partial charge in [0.15, 0.2) is 0 Å². The summed E-state index contributed by atoms with van der Waals surface area (Å²) in [5.41, 5.74) is 3.63. The standard InChI is InChI=1S/C17H16BrN3O3/c1-24-13-8-6-12(7-9-13)10-20-21-16(22)11-19-17(23)14-4-2-3-5-15(14)18/h2-10H,11H2,1H3,(H,19,23)(H,21,22)/b20-10-. The van der Waals surface area contributed by atoms with Crippen LogP contribution < -0.4 is 15.5 Å². The van der Waals surface area contributed by atoms with Crippen LogP contribution in [0.2, 0.25) is 0 Å². The number of amides is 2. The molecule has 7 heteroatoms. The van der Waals surface area contributed by atoms with Gasteiger partial charge in [-0.15, -0.1) is 0 Å². The van der Waals surface area contributed by atoms with Gasteiger partial charge in [0.05, 0.1) is 25.4 Å². The second-order valence-corrected chi connectivity index (χ2v) is 5.58. The zero-order valence-electron chi connectivity index (χ0n) is 13.0. The predicted molar refractivity (Wildman–Crippen MR) is 95.2 cm³/mol. The van der Waals surface area contributed by atoms with Crippen LogP contribution in [0, 0.1) is 0 Å². The molecular weight excluding hydrogens is 374 g/mol. The number of nitrogens with zero attached hydrogens (tertiary/aromatic N) is 1. The number of hydrogen-bond donors (Lipinski definition) is 2. The molecule has 0 unspecified atom stereocenters. The summed E-state index contributed by atoms with van der Waals surface area (Å²) in [6.45, 7) is -0.167. The van der Waals surface area contributed by atoms with Crippen LogP contribution in [0.1, 0.15) is 15.9 Å². The zero-order chi connectivity index (χ0) is 17.4. The maximum atomic E-state index is 12.0. The van der Waals surface area contributed by atoms with Gasteiger partial charge in [-0.3, -0.25) is 9.59 Å². The summed E-state index contributed by atoms with van der Waals surface area (Å²) < 4.78 is 5.72. The highest BCUT2D eigenvalue weighted by atomic mass is 79.9. The van der Waals surface area contributed by atoms with E-state index >= 15 is 0 Å². The minimum absolute atomic E-state index is 0.167. The van der Waals surface area contributed by atoms with Crippen LogP contribution in [0.5, 0.6) is 5.75 Å². The van der Waals surface area contributed by atoms with Crippen LogP contribution in [0.15, 0.2) is 58.1 Å². The predicted octanol–water partition coefficient (Wildman–Crippen LogP) is 2.34. The Morgan fingerprint density at radius 3 is 2.54 bits per heavy atom. The summed E-state index contributed by atoms with van der Waals surface area (Å²) in [7, 11) is 1.59. The van der Waals surface area contributed by atoms with E-state index in [2.05, 4.69) is 31.8 Å². The fraction of sp³-hybridized carbons (Fsp3) is 0.118. The van der Waals surface area contributed by atoms with Gasteiger partial charge in [0.25, 0.3) is 11.8 Å². The molecule has 0 aliphatic heterocycles. The van der Waals surface area contributed by atoms with Crippen molar-refractivity contribution in [1.29, 1.82) is 0 Å². The maximum absolute atomic E-state index is 12.0. The highest BCUT2D eigenvalue weighted by Gasteiger charge is 2.10. The molecule has 0 aliphatic rings. The Hall–Kier alpha value is -2.67. The number of carbonyl (C=O) groups excluding carboxylic acids is 2. The third kappa shape index (κ3) is 5.20. The Labute approximate surface area is 148 Å². The quantitative estimate of drug-likeness (QED) is 0.587. The monoisotopic (exact) mass is 389 g/mol. The summed E-state index contributed by atoms with van der Waals surface area (Å²) in [5, 5.41) is 6.37. The molecule has 2 N–H and O–H groups in total. The van der Waals surface area contributed by atoms with E-state index in [1.54, 1.807) is 43.5 Å². The van der Waals surface area contributed by atoms with Crippen LogP contribution in [0.3, 0.4) is 0 Å². The van der Waals surface area contributed by atoms with Crippen LogP contribution >= 0.6 is 15.9 Å². The number of nitrogens with one attached hydrogen (secondary N) is 2. The van der Waals surface area contributed by atoms with E-state index in [1.807, 2.05) is 12.1 Å². The Balaban J connectivity index is 1.79. The first kappa shape index (κ1) is 17.7. The lowest BCUT2D eigenvalue weighted by atomic mass is 10.2. The molecule has 0 heterocycles. The van der Waals surface area contributed by atoms with Gasteiger partial charge in [-0.2, -0.15) is 5.10 Å². The Morgan fingerprint density at radius 2 is 1.88 bits per heavy atom. The molecule has 2 aromatic carbocycles. The van der Waals surface area contributed by atoms with E-state index in [0.29, 0.717) is 10.0 Å². The van der Waals surface area contributed by atoms with Crippen molar-refractivity contribution in [2.24, 2.45) is 5.10 Å². The summed E-state index contributed by atoms with van der Waals surface area (Å²) in [5.74, 6) is -0.0112. The van der Waals surface area contributed by atoms with Crippen molar-refractivity contribution in [3.63, 3.8) is 0 Å². The molecule has 6 nitrogen and oxygen atoms in total. The number of ether oxygens (including phenoxy) is 1. The van der Waals surface area contributed by atoms with E-state index in [1.165, 1.54) is 6.21 Å². The number of hydrogen-bond acceptors (Lipinski definition) is 4. The number of hydrazone groups is 1. The maximum Gasteiger partial charge on any atom is 0.259 e. The molecule has 2 aromatic rings. The molecule has 0 atom stereocenters. The van der Waals surface area contributed by atoms with Crippen molar-refractivity contribution in [3.05, 3.63) is 64.1 Å². The molecule has 0 saturated heterocycles. The smallest absolute Gasteiger partial charge is 0.259 e. The summed E-state index contributed by atoms with van der Waals surface area (Å²) in [6.07, 6.45) is 1.51. The van der Waals surface area contributed by atoms with Crippen molar-refractivity contribution in [2.45, 2.75) is 0 Å². The summed E-state index contributed by atoms with van der Waals surface area (Å²) in [4.78, 5) is 23.6.